The number of hydrogen-bond donors (Lipinski definition) is 1. The first-order valence-electron chi connectivity index (χ1n) is 9.08. The van der Waals surface area contributed by atoms with Gasteiger partial charge in [0, 0.05) is 6.54 Å². The summed E-state index contributed by atoms with van der Waals surface area (Å²) in [5, 5.41) is 2.78. The van der Waals surface area contributed by atoms with Crippen LogP contribution in [0.25, 0.3) is 0 Å². The van der Waals surface area contributed by atoms with Gasteiger partial charge in [0.15, 0.2) is 0 Å². The molecule has 0 spiro atoms. The van der Waals surface area contributed by atoms with E-state index in [1.165, 1.54) is 12.1 Å². The van der Waals surface area contributed by atoms with E-state index in [2.05, 4.69) is 5.32 Å². The number of carbonyl (C=O) groups excluding carboxylic acids is 3. The summed E-state index contributed by atoms with van der Waals surface area (Å²) in [7, 11) is -3.96. The van der Waals surface area contributed by atoms with Gasteiger partial charge < -0.3 is 5.32 Å². The van der Waals surface area contributed by atoms with E-state index in [-0.39, 0.29) is 29.5 Å². The summed E-state index contributed by atoms with van der Waals surface area (Å²) in [4.78, 5) is 38.7. The molecular formula is C18H23N3O5S. The highest BCUT2D eigenvalue weighted by atomic mass is 32.2. The Hall–Kier alpha value is -2.42. The molecule has 1 saturated heterocycles. The van der Waals surface area contributed by atoms with Gasteiger partial charge in [0.1, 0.15) is 10.4 Å². The number of nitrogens with one attached hydrogen (secondary N) is 1. The monoisotopic (exact) mass is 393 g/mol. The van der Waals surface area contributed by atoms with Crippen molar-refractivity contribution in [2.75, 3.05) is 13.1 Å². The van der Waals surface area contributed by atoms with Crippen molar-refractivity contribution < 1.29 is 22.8 Å². The van der Waals surface area contributed by atoms with E-state index in [0.29, 0.717) is 12.8 Å². The molecule has 2 aliphatic rings. The molecule has 1 aromatic carbocycles. The third kappa shape index (κ3) is 2.99. The average molecular weight is 393 g/mol. The first-order chi connectivity index (χ1) is 12.8. The van der Waals surface area contributed by atoms with Gasteiger partial charge in [0.25, 0.3) is 21.8 Å². The quantitative estimate of drug-likeness (QED) is 0.711. The first kappa shape index (κ1) is 19.3. The van der Waals surface area contributed by atoms with Crippen LogP contribution in [0.5, 0.6) is 0 Å². The zero-order chi connectivity index (χ0) is 19.8. The molecular weight excluding hydrogens is 370 g/mol. The smallest absolute Gasteiger partial charge is 0.323 e. The van der Waals surface area contributed by atoms with Gasteiger partial charge in [0.2, 0.25) is 0 Å². The SMILES string of the molecule is CCCC1(CCC)NC(=O)N(CCN2C(=O)c3ccccc3S2(=O)=O)C1=O. The van der Waals surface area contributed by atoms with Crippen molar-refractivity contribution >= 4 is 27.9 Å². The standard InChI is InChI=1S/C18H23N3O5S/c1-3-9-18(10-4-2)16(23)20(17(24)19-18)11-12-21-15(22)13-7-5-6-8-14(13)27(21,25)26/h5-8H,3-4,9-12H2,1-2H3,(H,19,24). The van der Waals surface area contributed by atoms with E-state index < -0.39 is 27.5 Å². The Morgan fingerprint density at radius 2 is 1.63 bits per heavy atom. The first-order valence-corrected chi connectivity index (χ1v) is 10.5. The van der Waals surface area contributed by atoms with Gasteiger partial charge in [0.05, 0.1) is 12.1 Å². The minimum Gasteiger partial charge on any atom is -0.323 e. The fourth-order valence-electron chi connectivity index (χ4n) is 3.84. The Balaban J connectivity index is 1.79. The lowest BCUT2D eigenvalue weighted by Crippen LogP contribution is -2.47. The molecule has 146 valence electrons. The normalized spacial score (nSPS) is 20.1. The predicted octanol–water partition coefficient (Wildman–Crippen LogP) is 1.72. The maximum absolute atomic E-state index is 12.9. The van der Waals surface area contributed by atoms with Crippen LogP contribution in [0.3, 0.4) is 0 Å². The van der Waals surface area contributed by atoms with Crippen LogP contribution in [0, 0.1) is 0 Å². The minimum absolute atomic E-state index is 0.0430. The van der Waals surface area contributed by atoms with Gasteiger partial charge in [-0.05, 0) is 25.0 Å². The second-order valence-corrected chi connectivity index (χ2v) is 8.68. The van der Waals surface area contributed by atoms with E-state index in [1.807, 2.05) is 13.8 Å². The van der Waals surface area contributed by atoms with Gasteiger partial charge in [-0.25, -0.2) is 17.5 Å². The minimum atomic E-state index is -3.96. The Morgan fingerprint density at radius 3 is 2.22 bits per heavy atom. The highest BCUT2D eigenvalue weighted by molar-refractivity contribution is 7.90. The Morgan fingerprint density at radius 1 is 1.00 bits per heavy atom. The van der Waals surface area contributed by atoms with Crippen molar-refractivity contribution in [2.45, 2.75) is 50.0 Å². The zero-order valence-electron chi connectivity index (χ0n) is 15.4. The lowest BCUT2D eigenvalue weighted by atomic mass is 9.88. The number of nitrogens with zero attached hydrogens (tertiary/aromatic N) is 2. The summed E-state index contributed by atoms with van der Waals surface area (Å²) in [5.74, 6) is -0.983. The molecule has 0 saturated carbocycles. The maximum Gasteiger partial charge on any atom is 0.325 e. The van der Waals surface area contributed by atoms with Gasteiger partial charge in [-0.2, -0.15) is 0 Å². The van der Waals surface area contributed by atoms with Crippen LogP contribution < -0.4 is 5.32 Å². The number of benzene rings is 1. The molecule has 1 N–H and O–H groups in total. The number of urea groups is 1. The van der Waals surface area contributed by atoms with Gasteiger partial charge in [-0.3, -0.25) is 14.5 Å². The number of carbonyl (C=O) groups is 3. The van der Waals surface area contributed by atoms with E-state index in [1.54, 1.807) is 12.1 Å². The lowest BCUT2D eigenvalue weighted by molar-refractivity contribution is -0.131. The molecule has 0 aromatic heterocycles. The lowest BCUT2D eigenvalue weighted by Gasteiger charge is -2.26. The van der Waals surface area contributed by atoms with Crippen LogP contribution in [0.1, 0.15) is 49.9 Å². The van der Waals surface area contributed by atoms with Gasteiger partial charge >= 0.3 is 6.03 Å². The van der Waals surface area contributed by atoms with Crippen molar-refractivity contribution in [1.29, 1.82) is 0 Å². The summed E-state index contributed by atoms with van der Waals surface area (Å²) >= 11 is 0. The molecule has 0 bridgehead atoms. The van der Waals surface area contributed by atoms with Crippen LogP contribution in [0.2, 0.25) is 0 Å². The molecule has 27 heavy (non-hydrogen) atoms. The third-order valence-corrected chi connectivity index (χ3v) is 6.88. The summed E-state index contributed by atoms with van der Waals surface area (Å²) in [6.07, 6.45) is 2.50. The number of amides is 4. The van der Waals surface area contributed by atoms with E-state index in [9.17, 15) is 22.8 Å². The van der Waals surface area contributed by atoms with Gasteiger partial charge in [-0.15, -0.1) is 0 Å². The second kappa shape index (κ2) is 6.95. The molecule has 0 unspecified atom stereocenters. The van der Waals surface area contributed by atoms with Crippen molar-refractivity contribution in [3.8, 4) is 0 Å². The molecule has 3 rings (SSSR count). The summed E-state index contributed by atoms with van der Waals surface area (Å²) in [6.45, 7) is 3.44. The Kier molecular flexibility index (Phi) is 4.98. The number of rotatable bonds is 7. The topological polar surface area (TPSA) is 104 Å². The molecule has 0 radical (unpaired) electrons. The van der Waals surface area contributed by atoms with Crippen molar-refractivity contribution in [3.63, 3.8) is 0 Å². The van der Waals surface area contributed by atoms with Crippen molar-refractivity contribution in [3.05, 3.63) is 29.8 Å². The molecule has 0 atom stereocenters. The summed E-state index contributed by atoms with van der Waals surface area (Å²) in [5.41, 5.74) is -0.821. The Labute approximate surface area is 158 Å². The number of fused-ring (bicyclic) bond motifs is 1. The molecule has 4 amide bonds. The van der Waals surface area contributed by atoms with E-state index >= 15 is 0 Å². The van der Waals surface area contributed by atoms with Crippen molar-refractivity contribution in [2.24, 2.45) is 0 Å². The highest BCUT2D eigenvalue weighted by Gasteiger charge is 2.50. The van der Waals surface area contributed by atoms with E-state index in [4.69, 9.17) is 0 Å². The molecule has 1 aromatic rings. The van der Waals surface area contributed by atoms with Crippen molar-refractivity contribution in [1.82, 2.24) is 14.5 Å². The average Bonchev–Trinajstić information content (AvgIpc) is 2.96. The highest BCUT2D eigenvalue weighted by Crippen LogP contribution is 2.31. The molecule has 1 fully saturated rings. The number of sulfonamides is 1. The zero-order valence-corrected chi connectivity index (χ0v) is 16.2. The molecule has 0 aliphatic carbocycles. The van der Waals surface area contributed by atoms with E-state index in [0.717, 1.165) is 22.0 Å². The van der Waals surface area contributed by atoms with Crippen LogP contribution in [0.4, 0.5) is 4.79 Å². The fourth-order valence-corrected chi connectivity index (χ4v) is 5.40. The van der Waals surface area contributed by atoms with Crippen LogP contribution in [0.15, 0.2) is 29.2 Å². The number of imide groups is 1. The predicted molar refractivity (Wildman–Crippen MR) is 97.5 cm³/mol. The number of hydrogen-bond acceptors (Lipinski definition) is 5. The maximum atomic E-state index is 12.9. The second-order valence-electron chi connectivity index (χ2n) is 6.85. The molecule has 2 heterocycles. The Bertz CT molecular complexity index is 890. The largest absolute Gasteiger partial charge is 0.325 e. The summed E-state index contributed by atoms with van der Waals surface area (Å²) in [6, 6.07) is 5.44. The fraction of sp³-hybridized carbons (Fsp3) is 0.500. The molecule has 2 aliphatic heterocycles. The molecule has 8 nitrogen and oxygen atoms in total. The van der Waals surface area contributed by atoms with Crippen LogP contribution in [-0.4, -0.2) is 54.1 Å². The van der Waals surface area contributed by atoms with Gasteiger partial charge in [-0.1, -0.05) is 38.8 Å². The summed E-state index contributed by atoms with van der Waals surface area (Å²) < 4.78 is 25.9. The van der Waals surface area contributed by atoms with Crippen LogP contribution in [-0.2, 0) is 14.8 Å². The third-order valence-electron chi connectivity index (χ3n) is 5.04. The molecule has 9 heteroatoms. The van der Waals surface area contributed by atoms with Crippen LogP contribution >= 0.6 is 0 Å².